The van der Waals surface area contributed by atoms with E-state index in [2.05, 4.69) is 25.0 Å². The van der Waals surface area contributed by atoms with Gasteiger partial charge < -0.3 is 11.5 Å². The normalized spacial score (nSPS) is 11.1. The Morgan fingerprint density at radius 1 is 1.04 bits per heavy atom. The molecule has 0 aliphatic heterocycles. The lowest BCUT2D eigenvalue weighted by atomic mass is 10.2. The topological polar surface area (TPSA) is 121 Å². The van der Waals surface area contributed by atoms with Crippen LogP contribution >= 0.6 is 0 Å². The second-order valence-electron chi connectivity index (χ2n) is 5.43. The number of nitrogens with two attached hydrogens (primary N) is 2. The minimum absolute atomic E-state index is 0.220. The molecule has 0 amide bonds. The number of hydrogen-bond donors (Lipinski definition) is 2. The van der Waals surface area contributed by atoms with Crippen molar-refractivity contribution in [3.8, 4) is 11.5 Å². The molecule has 3 aromatic heterocycles. The number of nitrogens with zero attached hydrogens (tertiary/aromatic N) is 6. The highest BCUT2D eigenvalue weighted by molar-refractivity contribution is 5.92. The van der Waals surface area contributed by atoms with Crippen molar-refractivity contribution in [2.45, 2.75) is 6.54 Å². The van der Waals surface area contributed by atoms with Crippen LogP contribution in [0.4, 0.5) is 16.0 Å². The Hall–Kier alpha value is -3.62. The Morgan fingerprint density at radius 2 is 1.76 bits per heavy atom. The lowest BCUT2D eigenvalue weighted by Crippen LogP contribution is -2.04. The van der Waals surface area contributed by atoms with Crippen molar-refractivity contribution >= 4 is 22.5 Å². The molecule has 3 heterocycles. The van der Waals surface area contributed by atoms with Gasteiger partial charge in [-0.05, 0) is 6.07 Å². The maximum atomic E-state index is 14.5. The summed E-state index contributed by atoms with van der Waals surface area (Å²) in [6.45, 7) is 0.302. The first-order valence-electron chi connectivity index (χ1n) is 7.41. The van der Waals surface area contributed by atoms with Crippen LogP contribution in [0.5, 0.6) is 0 Å². The average molecular weight is 336 g/mol. The molecule has 0 radical (unpaired) electrons. The van der Waals surface area contributed by atoms with Crippen LogP contribution in [0.1, 0.15) is 5.56 Å². The number of nitrogen functional groups attached to an aromatic ring is 2. The molecule has 4 rings (SSSR count). The summed E-state index contributed by atoms with van der Waals surface area (Å²) in [6.07, 6.45) is 4.73. The molecule has 124 valence electrons. The average Bonchev–Trinajstić information content (AvgIpc) is 2.95. The molecule has 0 saturated heterocycles. The van der Waals surface area contributed by atoms with Crippen molar-refractivity contribution in [1.82, 2.24) is 29.7 Å². The van der Waals surface area contributed by atoms with Gasteiger partial charge in [-0.2, -0.15) is 5.10 Å². The van der Waals surface area contributed by atoms with Crippen molar-refractivity contribution in [3.05, 3.63) is 54.4 Å². The predicted molar refractivity (Wildman–Crippen MR) is 90.7 cm³/mol. The van der Waals surface area contributed by atoms with E-state index in [0.29, 0.717) is 23.1 Å². The lowest BCUT2D eigenvalue weighted by Gasteiger charge is -2.03. The smallest absolute Gasteiger partial charge is 0.184 e. The van der Waals surface area contributed by atoms with E-state index in [4.69, 9.17) is 11.5 Å². The largest absolute Gasteiger partial charge is 0.384 e. The van der Waals surface area contributed by atoms with E-state index < -0.39 is 5.82 Å². The molecule has 0 spiro atoms. The zero-order chi connectivity index (χ0) is 17.4. The van der Waals surface area contributed by atoms with Gasteiger partial charge in [-0.1, -0.05) is 12.1 Å². The number of rotatable bonds is 3. The van der Waals surface area contributed by atoms with Crippen LogP contribution in [0.3, 0.4) is 0 Å². The van der Waals surface area contributed by atoms with Crippen molar-refractivity contribution in [2.24, 2.45) is 0 Å². The van der Waals surface area contributed by atoms with Gasteiger partial charge in [0.15, 0.2) is 5.82 Å². The highest BCUT2D eigenvalue weighted by Crippen LogP contribution is 2.28. The number of benzene rings is 1. The van der Waals surface area contributed by atoms with E-state index in [-0.39, 0.29) is 17.5 Å². The van der Waals surface area contributed by atoms with Crippen LogP contribution in [0.2, 0.25) is 0 Å². The number of aromatic nitrogens is 6. The summed E-state index contributed by atoms with van der Waals surface area (Å²) in [7, 11) is 0. The molecule has 0 aliphatic carbocycles. The summed E-state index contributed by atoms with van der Waals surface area (Å²) < 4.78 is 16.0. The lowest BCUT2D eigenvalue weighted by molar-refractivity contribution is 0.616. The molecule has 0 unspecified atom stereocenters. The Bertz CT molecular complexity index is 1040. The molecular weight excluding hydrogens is 323 g/mol. The second kappa shape index (κ2) is 5.78. The molecule has 9 heteroatoms. The van der Waals surface area contributed by atoms with E-state index >= 15 is 0 Å². The first-order valence-corrected chi connectivity index (χ1v) is 7.41. The molecule has 4 N–H and O–H groups in total. The van der Waals surface area contributed by atoms with Gasteiger partial charge in [0, 0.05) is 29.4 Å². The van der Waals surface area contributed by atoms with Crippen LogP contribution in [0, 0.1) is 5.82 Å². The zero-order valence-corrected chi connectivity index (χ0v) is 13.0. The third kappa shape index (κ3) is 2.71. The second-order valence-corrected chi connectivity index (χ2v) is 5.43. The molecule has 8 nitrogen and oxygen atoms in total. The third-order valence-electron chi connectivity index (χ3n) is 3.64. The number of hydrogen-bond acceptors (Lipinski definition) is 7. The van der Waals surface area contributed by atoms with Gasteiger partial charge in [0.1, 0.15) is 35.0 Å². The van der Waals surface area contributed by atoms with Gasteiger partial charge in [-0.25, -0.2) is 24.3 Å². The fourth-order valence-electron chi connectivity index (χ4n) is 2.65. The maximum Gasteiger partial charge on any atom is 0.184 e. The molecule has 4 aromatic rings. The summed E-state index contributed by atoms with van der Waals surface area (Å²) in [6, 6.07) is 6.18. The monoisotopic (exact) mass is 336 g/mol. The highest BCUT2D eigenvalue weighted by Gasteiger charge is 2.18. The van der Waals surface area contributed by atoms with E-state index in [9.17, 15) is 4.39 Å². The van der Waals surface area contributed by atoms with Crippen LogP contribution in [0.15, 0.2) is 43.0 Å². The first kappa shape index (κ1) is 14.9. The summed E-state index contributed by atoms with van der Waals surface area (Å²) in [5, 5.41) is 5.05. The van der Waals surface area contributed by atoms with E-state index in [1.54, 1.807) is 24.5 Å². The van der Waals surface area contributed by atoms with Crippen LogP contribution in [0.25, 0.3) is 22.4 Å². The predicted octanol–water partition coefficient (Wildman–Crippen LogP) is 1.64. The molecular formula is C16H13FN8. The van der Waals surface area contributed by atoms with Gasteiger partial charge in [-0.15, -0.1) is 0 Å². The summed E-state index contributed by atoms with van der Waals surface area (Å²) >= 11 is 0. The quantitative estimate of drug-likeness (QED) is 0.583. The summed E-state index contributed by atoms with van der Waals surface area (Å²) in [5.74, 6) is 0.289. The van der Waals surface area contributed by atoms with Gasteiger partial charge >= 0.3 is 0 Å². The summed E-state index contributed by atoms with van der Waals surface area (Å²) in [4.78, 5) is 16.3. The molecule has 0 saturated carbocycles. The van der Waals surface area contributed by atoms with Crippen molar-refractivity contribution in [2.75, 3.05) is 11.5 Å². The van der Waals surface area contributed by atoms with Crippen LogP contribution in [-0.4, -0.2) is 29.7 Å². The fourth-order valence-corrected chi connectivity index (χ4v) is 2.65. The van der Waals surface area contributed by atoms with Crippen molar-refractivity contribution < 1.29 is 4.39 Å². The Labute approximate surface area is 141 Å². The van der Waals surface area contributed by atoms with Crippen LogP contribution in [-0.2, 0) is 6.54 Å². The van der Waals surface area contributed by atoms with Gasteiger partial charge in [0.25, 0.3) is 0 Å². The highest BCUT2D eigenvalue weighted by atomic mass is 19.1. The minimum atomic E-state index is -0.398. The first-order chi connectivity index (χ1) is 12.1. The standard InChI is InChI=1S/C16H13FN8/c17-11-3-1-2-10-14(16-22-12(18)4-13(19)23-16)24-25(15(10)11)7-9-5-20-8-21-6-9/h1-6,8H,7H2,(H4,18,19,22,23). The number of halogens is 1. The SMILES string of the molecule is Nc1cc(N)nc(-c2nn(Cc3cncnc3)c3c(F)cccc23)n1. The third-order valence-corrected chi connectivity index (χ3v) is 3.64. The van der Waals surface area contributed by atoms with E-state index in [1.165, 1.54) is 23.1 Å². The Balaban J connectivity index is 1.92. The van der Waals surface area contributed by atoms with Crippen molar-refractivity contribution in [1.29, 1.82) is 0 Å². The van der Waals surface area contributed by atoms with Crippen molar-refractivity contribution in [3.63, 3.8) is 0 Å². The van der Waals surface area contributed by atoms with Crippen LogP contribution < -0.4 is 11.5 Å². The minimum Gasteiger partial charge on any atom is -0.384 e. The number of anilines is 2. The van der Waals surface area contributed by atoms with Gasteiger partial charge in [-0.3, -0.25) is 4.68 Å². The number of para-hydroxylation sites is 1. The zero-order valence-electron chi connectivity index (χ0n) is 13.0. The molecule has 0 fully saturated rings. The molecule has 0 bridgehead atoms. The maximum absolute atomic E-state index is 14.5. The fraction of sp³-hybridized carbons (Fsp3) is 0.0625. The van der Waals surface area contributed by atoms with E-state index in [1.807, 2.05) is 0 Å². The molecule has 25 heavy (non-hydrogen) atoms. The van der Waals surface area contributed by atoms with Gasteiger partial charge in [0.2, 0.25) is 0 Å². The molecule has 1 aromatic carbocycles. The Morgan fingerprint density at radius 3 is 2.48 bits per heavy atom. The molecule has 0 atom stereocenters. The molecule has 0 aliphatic rings. The number of fused-ring (bicyclic) bond motifs is 1. The van der Waals surface area contributed by atoms with E-state index in [0.717, 1.165) is 5.56 Å². The summed E-state index contributed by atoms with van der Waals surface area (Å²) in [5.41, 5.74) is 13.0. The Kier molecular flexibility index (Phi) is 3.46. The van der Waals surface area contributed by atoms with Gasteiger partial charge in [0.05, 0.1) is 6.54 Å².